The number of pyridine rings is 1. The number of rotatable bonds is 8. The molecule has 3 N–H and O–H groups in total. The summed E-state index contributed by atoms with van der Waals surface area (Å²) in [5.74, 6) is -0.724. The first-order chi connectivity index (χ1) is 11.0. The van der Waals surface area contributed by atoms with Gasteiger partial charge in [-0.15, -0.1) is 11.3 Å². The minimum Gasteiger partial charge on any atom is -0.508 e. The zero-order valence-corrected chi connectivity index (χ0v) is 13.4. The summed E-state index contributed by atoms with van der Waals surface area (Å²) in [6.45, 7) is 3.41. The highest BCUT2D eigenvalue weighted by Crippen LogP contribution is 2.21. The third kappa shape index (κ3) is 5.31. The minimum atomic E-state index is -1.59. The second-order valence-corrected chi connectivity index (χ2v) is 6.39. The van der Waals surface area contributed by atoms with Gasteiger partial charge in [0.05, 0.1) is 0 Å². The molecule has 1 atom stereocenters. The second kappa shape index (κ2) is 8.05. The van der Waals surface area contributed by atoms with Crippen LogP contribution in [0.5, 0.6) is 0 Å². The smallest absolute Gasteiger partial charge is 0.455 e. The molecule has 0 unspecified atom stereocenters. The minimum absolute atomic E-state index is 0.0362. The molecule has 2 aromatic rings. The number of hydrogen-bond donors (Lipinski definition) is 3. The molecule has 2 heterocycles. The summed E-state index contributed by atoms with van der Waals surface area (Å²) >= 11 is 1.50. The zero-order valence-electron chi connectivity index (χ0n) is 12.6. The summed E-state index contributed by atoms with van der Waals surface area (Å²) < 4.78 is 0. The molecule has 0 aliphatic heterocycles. The van der Waals surface area contributed by atoms with E-state index in [-0.39, 0.29) is 24.4 Å². The molecule has 0 amide bonds. The summed E-state index contributed by atoms with van der Waals surface area (Å²) in [7, 11) is -1.59. The SMILES string of the molecule is C=C(O)c1ccc(C[C@H](CC(=O)Cc2cccs2)B(O)O)nc1. The second-order valence-electron chi connectivity index (χ2n) is 5.36. The largest absolute Gasteiger partial charge is 0.508 e. The van der Waals surface area contributed by atoms with Crippen LogP contribution in [0, 0.1) is 0 Å². The number of Topliss-reactive ketones (excluding diaryl/α,β-unsaturated/α-hetero) is 1. The Morgan fingerprint density at radius 2 is 2.13 bits per heavy atom. The predicted octanol–water partition coefficient (Wildman–Crippen LogP) is 2.26. The van der Waals surface area contributed by atoms with E-state index in [9.17, 15) is 19.9 Å². The Bertz CT molecular complexity index is 655. The van der Waals surface area contributed by atoms with Gasteiger partial charge in [0, 0.05) is 41.0 Å². The Balaban J connectivity index is 1.98. The van der Waals surface area contributed by atoms with Gasteiger partial charge in [-0.05, 0) is 30.0 Å². The van der Waals surface area contributed by atoms with Crippen LogP contribution in [0.3, 0.4) is 0 Å². The Morgan fingerprint density at radius 1 is 1.35 bits per heavy atom. The molecule has 0 aliphatic carbocycles. The van der Waals surface area contributed by atoms with E-state index in [0.717, 1.165) is 4.88 Å². The Morgan fingerprint density at radius 3 is 2.65 bits per heavy atom. The van der Waals surface area contributed by atoms with Crippen molar-refractivity contribution in [2.75, 3.05) is 0 Å². The Kier molecular flexibility index (Phi) is 6.09. The van der Waals surface area contributed by atoms with E-state index in [1.807, 2.05) is 17.5 Å². The third-order valence-corrected chi connectivity index (χ3v) is 4.37. The Labute approximate surface area is 139 Å². The van der Waals surface area contributed by atoms with E-state index < -0.39 is 12.9 Å². The number of ketones is 1. The first-order valence-electron chi connectivity index (χ1n) is 7.19. The summed E-state index contributed by atoms with van der Waals surface area (Å²) in [6, 6.07) is 7.09. The molecule has 7 heteroatoms. The van der Waals surface area contributed by atoms with Gasteiger partial charge in [0.15, 0.2) is 0 Å². The fourth-order valence-corrected chi connectivity index (χ4v) is 2.97. The monoisotopic (exact) mass is 331 g/mol. The normalized spacial score (nSPS) is 11.9. The van der Waals surface area contributed by atoms with E-state index in [1.165, 1.54) is 17.5 Å². The predicted molar refractivity (Wildman–Crippen MR) is 91.2 cm³/mol. The van der Waals surface area contributed by atoms with E-state index in [2.05, 4.69) is 11.6 Å². The maximum Gasteiger partial charge on any atom is 0.455 e. The molecule has 23 heavy (non-hydrogen) atoms. The van der Waals surface area contributed by atoms with Crippen LogP contribution >= 0.6 is 11.3 Å². The highest BCUT2D eigenvalue weighted by Gasteiger charge is 2.26. The quantitative estimate of drug-likeness (QED) is 0.510. The van der Waals surface area contributed by atoms with Gasteiger partial charge >= 0.3 is 7.12 Å². The van der Waals surface area contributed by atoms with Crippen LogP contribution in [0.15, 0.2) is 42.4 Å². The van der Waals surface area contributed by atoms with E-state index in [4.69, 9.17) is 0 Å². The average Bonchev–Trinajstić information content (AvgIpc) is 2.99. The number of aromatic nitrogens is 1. The van der Waals surface area contributed by atoms with Crippen molar-refractivity contribution < 1.29 is 19.9 Å². The third-order valence-electron chi connectivity index (χ3n) is 3.49. The van der Waals surface area contributed by atoms with Crippen molar-refractivity contribution in [2.45, 2.75) is 25.1 Å². The van der Waals surface area contributed by atoms with Gasteiger partial charge in [-0.1, -0.05) is 12.6 Å². The maximum atomic E-state index is 12.1. The molecule has 0 radical (unpaired) electrons. The zero-order chi connectivity index (χ0) is 16.8. The van der Waals surface area contributed by atoms with E-state index in [0.29, 0.717) is 17.7 Å². The van der Waals surface area contributed by atoms with E-state index >= 15 is 0 Å². The highest BCUT2D eigenvalue weighted by atomic mass is 32.1. The standard InChI is InChI=1S/C16H18BNO4S/c1-11(19)12-4-5-14(18-10-12)7-13(17(21)22)8-15(20)9-16-3-2-6-23-16/h2-6,10,13,19,21-22H,1,7-9H2/t13-/m1/s1. The fourth-order valence-electron chi connectivity index (χ4n) is 2.24. The van der Waals surface area contributed by atoms with Crippen LogP contribution in [0.1, 0.15) is 22.6 Å². The number of hydrogen-bond acceptors (Lipinski definition) is 6. The first kappa shape index (κ1) is 17.4. The first-order valence-corrected chi connectivity index (χ1v) is 8.07. The van der Waals surface area contributed by atoms with Gasteiger partial charge in [0.2, 0.25) is 0 Å². The van der Waals surface area contributed by atoms with Crippen LogP contribution in [-0.4, -0.2) is 33.0 Å². The lowest BCUT2D eigenvalue weighted by molar-refractivity contribution is -0.118. The molecule has 120 valence electrons. The molecule has 0 saturated heterocycles. The van der Waals surface area contributed by atoms with Gasteiger partial charge in [0.25, 0.3) is 0 Å². The van der Waals surface area contributed by atoms with Crippen molar-refractivity contribution in [3.63, 3.8) is 0 Å². The summed E-state index contributed by atoms with van der Waals surface area (Å²) in [5, 5.41) is 30.2. The summed E-state index contributed by atoms with van der Waals surface area (Å²) in [4.78, 5) is 17.2. The number of thiophene rings is 1. The molecule has 0 saturated carbocycles. The van der Waals surface area contributed by atoms with Gasteiger partial charge in [-0.3, -0.25) is 9.78 Å². The van der Waals surface area contributed by atoms with Crippen molar-refractivity contribution >= 4 is 30.0 Å². The van der Waals surface area contributed by atoms with Crippen LogP contribution in [0.25, 0.3) is 5.76 Å². The number of aliphatic hydroxyl groups excluding tert-OH is 1. The lowest BCUT2D eigenvalue weighted by atomic mass is 9.67. The molecule has 0 spiro atoms. The maximum absolute atomic E-state index is 12.1. The Hall–Kier alpha value is -1.96. The molecule has 2 aromatic heterocycles. The fraction of sp³-hybridized carbons (Fsp3) is 0.250. The van der Waals surface area contributed by atoms with Crippen molar-refractivity contribution in [3.8, 4) is 0 Å². The van der Waals surface area contributed by atoms with E-state index in [1.54, 1.807) is 12.1 Å². The van der Waals surface area contributed by atoms with Crippen LogP contribution in [0.4, 0.5) is 0 Å². The van der Waals surface area contributed by atoms with Crippen molar-refractivity contribution in [3.05, 3.63) is 58.6 Å². The van der Waals surface area contributed by atoms with Crippen LogP contribution < -0.4 is 0 Å². The highest BCUT2D eigenvalue weighted by molar-refractivity contribution is 7.10. The molecule has 0 fully saturated rings. The summed E-state index contributed by atoms with van der Waals surface area (Å²) in [5.41, 5.74) is 1.13. The van der Waals surface area contributed by atoms with Gasteiger partial charge in [0.1, 0.15) is 11.5 Å². The molecule has 5 nitrogen and oxygen atoms in total. The molecule has 0 aliphatic rings. The molecule has 0 aromatic carbocycles. The average molecular weight is 331 g/mol. The number of aliphatic hydroxyl groups is 1. The van der Waals surface area contributed by atoms with Crippen molar-refractivity contribution in [1.82, 2.24) is 4.98 Å². The van der Waals surface area contributed by atoms with Crippen molar-refractivity contribution in [1.29, 1.82) is 0 Å². The topological polar surface area (TPSA) is 90.7 Å². The molecule has 2 rings (SSSR count). The number of carbonyl (C=O) groups excluding carboxylic acids is 1. The molecular weight excluding hydrogens is 313 g/mol. The van der Waals surface area contributed by atoms with Crippen molar-refractivity contribution in [2.24, 2.45) is 0 Å². The number of carbonyl (C=O) groups is 1. The molecule has 0 bridgehead atoms. The van der Waals surface area contributed by atoms with Crippen LogP contribution in [0.2, 0.25) is 5.82 Å². The lowest BCUT2D eigenvalue weighted by Crippen LogP contribution is -2.25. The summed E-state index contributed by atoms with van der Waals surface area (Å²) in [6.07, 6.45) is 2.11. The van der Waals surface area contributed by atoms with Gasteiger partial charge < -0.3 is 15.2 Å². The lowest BCUT2D eigenvalue weighted by Gasteiger charge is -2.14. The van der Waals surface area contributed by atoms with Gasteiger partial charge in [-0.2, -0.15) is 0 Å². The molecular formula is C16H18BNO4S. The number of nitrogens with zero attached hydrogens (tertiary/aromatic N) is 1. The van der Waals surface area contributed by atoms with Crippen LogP contribution in [-0.2, 0) is 17.6 Å². The van der Waals surface area contributed by atoms with Gasteiger partial charge in [-0.25, -0.2) is 0 Å².